The van der Waals surface area contributed by atoms with Gasteiger partial charge < -0.3 is 11.1 Å². The smallest absolute Gasteiger partial charge is 0.252 e. The maximum atomic E-state index is 12.0. The summed E-state index contributed by atoms with van der Waals surface area (Å²) in [6.45, 7) is 3.82. The number of halogens is 1. The van der Waals surface area contributed by atoms with Gasteiger partial charge in [-0.15, -0.1) is 0 Å². The molecule has 17 heavy (non-hydrogen) atoms. The van der Waals surface area contributed by atoms with E-state index in [9.17, 15) is 4.79 Å². The largest absolute Gasteiger partial charge is 0.393 e. The fourth-order valence-electron chi connectivity index (χ4n) is 1.47. The van der Waals surface area contributed by atoms with Crippen LogP contribution >= 0.6 is 28.1 Å². The Balaban J connectivity index is 2.76. The molecule has 0 radical (unpaired) electrons. The SMILES string of the molecule is Cc1ccc(Br)c(C(=O)NC(C)CC(N)=S)c1. The third-order valence-electron chi connectivity index (χ3n) is 2.25. The zero-order valence-electron chi connectivity index (χ0n) is 9.79. The predicted molar refractivity (Wildman–Crippen MR) is 77.2 cm³/mol. The highest BCUT2D eigenvalue weighted by Gasteiger charge is 2.13. The Labute approximate surface area is 115 Å². The number of amides is 1. The van der Waals surface area contributed by atoms with E-state index in [0.717, 1.165) is 10.0 Å². The molecule has 1 amide bonds. The maximum Gasteiger partial charge on any atom is 0.252 e. The van der Waals surface area contributed by atoms with Crippen LogP contribution in [0.25, 0.3) is 0 Å². The first-order valence-corrected chi connectivity index (χ1v) is 6.45. The molecule has 0 aromatic heterocycles. The van der Waals surface area contributed by atoms with E-state index >= 15 is 0 Å². The molecule has 1 aromatic rings. The summed E-state index contributed by atoms with van der Waals surface area (Å²) in [7, 11) is 0. The zero-order chi connectivity index (χ0) is 13.0. The van der Waals surface area contributed by atoms with Crippen molar-refractivity contribution in [3.8, 4) is 0 Å². The van der Waals surface area contributed by atoms with E-state index in [0.29, 0.717) is 17.0 Å². The van der Waals surface area contributed by atoms with Crippen LogP contribution in [0, 0.1) is 6.92 Å². The van der Waals surface area contributed by atoms with E-state index in [1.165, 1.54) is 0 Å². The first-order chi connectivity index (χ1) is 7.90. The lowest BCUT2D eigenvalue weighted by molar-refractivity contribution is 0.0940. The molecule has 1 aromatic carbocycles. The van der Waals surface area contributed by atoms with Crippen LogP contribution in [-0.4, -0.2) is 16.9 Å². The molecule has 3 nitrogen and oxygen atoms in total. The van der Waals surface area contributed by atoms with Gasteiger partial charge in [-0.05, 0) is 41.9 Å². The number of thiocarbonyl (C=S) groups is 1. The molecule has 0 bridgehead atoms. The van der Waals surface area contributed by atoms with Crippen molar-refractivity contribution < 1.29 is 4.79 Å². The van der Waals surface area contributed by atoms with Crippen LogP contribution < -0.4 is 11.1 Å². The van der Waals surface area contributed by atoms with Crippen molar-refractivity contribution in [1.82, 2.24) is 5.32 Å². The first kappa shape index (κ1) is 14.1. The van der Waals surface area contributed by atoms with E-state index in [2.05, 4.69) is 21.2 Å². The van der Waals surface area contributed by atoms with Gasteiger partial charge >= 0.3 is 0 Å². The summed E-state index contributed by atoms with van der Waals surface area (Å²) in [4.78, 5) is 12.4. The maximum absolute atomic E-state index is 12.0. The van der Waals surface area contributed by atoms with Gasteiger partial charge in [0.15, 0.2) is 0 Å². The summed E-state index contributed by atoms with van der Waals surface area (Å²) in [6.07, 6.45) is 0.504. The summed E-state index contributed by atoms with van der Waals surface area (Å²) < 4.78 is 0.781. The van der Waals surface area contributed by atoms with E-state index in [-0.39, 0.29) is 11.9 Å². The minimum atomic E-state index is -0.121. The van der Waals surface area contributed by atoms with E-state index < -0.39 is 0 Å². The Morgan fingerprint density at radius 1 is 1.59 bits per heavy atom. The van der Waals surface area contributed by atoms with Crippen LogP contribution in [0.2, 0.25) is 0 Å². The number of carbonyl (C=O) groups excluding carboxylic acids is 1. The Kier molecular flexibility index (Phi) is 5.08. The molecule has 1 rings (SSSR count). The lowest BCUT2D eigenvalue weighted by atomic mass is 10.1. The molecular formula is C12H15BrN2OS. The molecule has 5 heteroatoms. The standard InChI is InChI=1S/C12H15BrN2OS/c1-7-3-4-10(13)9(5-7)12(16)15-8(2)6-11(14)17/h3-5,8H,6H2,1-2H3,(H2,14,17)(H,15,16). The number of aryl methyl sites for hydroxylation is 1. The Morgan fingerprint density at radius 3 is 2.82 bits per heavy atom. The summed E-state index contributed by atoms with van der Waals surface area (Å²) in [5.41, 5.74) is 7.10. The average Bonchev–Trinajstić information content (AvgIpc) is 2.20. The monoisotopic (exact) mass is 314 g/mol. The van der Waals surface area contributed by atoms with Crippen LogP contribution in [0.15, 0.2) is 22.7 Å². The van der Waals surface area contributed by atoms with Crippen molar-refractivity contribution in [2.24, 2.45) is 5.73 Å². The number of hydrogen-bond acceptors (Lipinski definition) is 2. The van der Waals surface area contributed by atoms with Gasteiger partial charge in [0.05, 0.1) is 10.6 Å². The summed E-state index contributed by atoms with van der Waals surface area (Å²) in [5.74, 6) is -0.121. The second-order valence-electron chi connectivity index (χ2n) is 4.03. The molecule has 0 aliphatic rings. The molecule has 0 fully saturated rings. The van der Waals surface area contributed by atoms with Crippen LogP contribution in [-0.2, 0) is 0 Å². The molecule has 0 saturated carbocycles. The van der Waals surface area contributed by atoms with Gasteiger partial charge in [0.25, 0.3) is 5.91 Å². The fraction of sp³-hybridized carbons (Fsp3) is 0.333. The summed E-state index contributed by atoms with van der Waals surface area (Å²) in [6, 6.07) is 5.58. The molecule has 92 valence electrons. The first-order valence-electron chi connectivity index (χ1n) is 5.25. The van der Waals surface area contributed by atoms with Gasteiger partial charge in [0, 0.05) is 16.9 Å². The van der Waals surface area contributed by atoms with E-state index in [4.69, 9.17) is 18.0 Å². The molecule has 0 heterocycles. The lowest BCUT2D eigenvalue weighted by Crippen LogP contribution is -2.35. The third kappa shape index (κ3) is 4.44. The third-order valence-corrected chi connectivity index (χ3v) is 3.11. The highest BCUT2D eigenvalue weighted by atomic mass is 79.9. The predicted octanol–water partition coefficient (Wildman–Crippen LogP) is 2.55. The summed E-state index contributed by atoms with van der Waals surface area (Å²) >= 11 is 8.17. The number of nitrogens with one attached hydrogen (secondary N) is 1. The van der Waals surface area contributed by atoms with Crippen molar-refractivity contribution in [1.29, 1.82) is 0 Å². The van der Waals surface area contributed by atoms with Crippen LogP contribution in [0.5, 0.6) is 0 Å². The second-order valence-corrected chi connectivity index (χ2v) is 5.41. The molecule has 0 spiro atoms. The average molecular weight is 315 g/mol. The van der Waals surface area contributed by atoms with Crippen molar-refractivity contribution in [2.45, 2.75) is 26.3 Å². The number of hydrogen-bond donors (Lipinski definition) is 2. The van der Waals surface area contributed by atoms with Crippen LogP contribution in [0.3, 0.4) is 0 Å². The van der Waals surface area contributed by atoms with Crippen molar-refractivity contribution in [3.63, 3.8) is 0 Å². The van der Waals surface area contributed by atoms with Gasteiger partial charge in [-0.2, -0.15) is 0 Å². The molecule has 1 unspecified atom stereocenters. The van der Waals surface area contributed by atoms with Gasteiger partial charge in [-0.25, -0.2) is 0 Å². The van der Waals surface area contributed by atoms with Gasteiger partial charge in [0.1, 0.15) is 0 Å². The van der Waals surface area contributed by atoms with Crippen molar-refractivity contribution in [3.05, 3.63) is 33.8 Å². The Morgan fingerprint density at radius 2 is 2.24 bits per heavy atom. The Hall–Kier alpha value is -0.940. The highest BCUT2D eigenvalue weighted by Crippen LogP contribution is 2.18. The molecule has 0 saturated heterocycles. The molecule has 3 N–H and O–H groups in total. The molecule has 0 aliphatic heterocycles. The molecule has 0 aliphatic carbocycles. The quantitative estimate of drug-likeness (QED) is 0.840. The van der Waals surface area contributed by atoms with Crippen LogP contribution in [0.1, 0.15) is 29.3 Å². The van der Waals surface area contributed by atoms with Gasteiger partial charge in [0.2, 0.25) is 0 Å². The number of carbonyl (C=O) groups is 1. The number of nitrogens with two attached hydrogens (primary N) is 1. The van der Waals surface area contributed by atoms with E-state index in [1.807, 2.05) is 32.0 Å². The van der Waals surface area contributed by atoms with E-state index in [1.54, 1.807) is 0 Å². The van der Waals surface area contributed by atoms with Crippen molar-refractivity contribution >= 4 is 39.0 Å². The van der Waals surface area contributed by atoms with Gasteiger partial charge in [-0.1, -0.05) is 23.8 Å². The van der Waals surface area contributed by atoms with Gasteiger partial charge in [-0.3, -0.25) is 4.79 Å². The summed E-state index contributed by atoms with van der Waals surface area (Å²) in [5, 5.41) is 2.86. The molecular weight excluding hydrogens is 300 g/mol. The van der Waals surface area contributed by atoms with Crippen molar-refractivity contribution in [2.75, 3.05) is 0 Å². The lowest BCUT2D eigenvalue weighted by Gasteiger charge is -2.14. The molecule has 1 atom stereocenters. The normalized spacial score (nSPS) is 11.9. The van der Waals surface area contributed by atoms with Crippen LogP contribution in [0.4, 0.5) is 0 Å². The minimum absolute atomic E-state index is 0.0626. The number of rotatable bonds is 4. The minimum Gasteiger partial charge on any atom is -0.393 e. The zero-order valence-corrected chi connectivity index (χ0v) is 12.2. The Bertz CT molecular complexity index is 448. The highest BCUT2D eigenvalue weighted by molar-refractivity contribution is 9.10. The number of benzene rings is 1. The topological polar surface area (TPSA) is 55.1 Å². The fourth-order valence-corrected chi connectivity index (χ4v) is 2.14. The second kappa shape index (κ2) is 6.12.